The minimum Gasteiger partial charge on any atom is -0.466 e. The van der Waals surface area contributed by atoms with Crippen LogP contribution in [-0.2, 0) is 4.74 Å². The van der Waals surface area contributed by atoms with Crippen LogP contribution in [0.3, 0.4) is 0 Å². The highest BCUT2D eigenvalue weighted by molar-refractivity contribution is 5.23. The topological polar surface area (TPSA) is 34.4 Å². The van der Waals surface area contributed by atoms with Crippen molar-refractivity contribution in [2.45, 2.75) is 46.3 Å². The quantitative estimate of drug-likeness (QED) is 0.877. The third kappa shape index (κ3) is 3.11. The summed E-state index contributed by atoms with van der Waals surface area (Å²) in [6.45, 7) is 10.2. The molecule has 0 aromatic carbocycles. The van der Waals surface area contributed by atoms with Crippen molar-refractivity contribution in [2.75, 3.05) is 13.2 Å². The van der Waals surface area contributed by atoms with Crippen LogP contribution >= 0.6 is 0 Å². The Morgan fingerprint density at radius 2 is 2.18 bits per heavy atom. The lowest BCUT2D eigenvalue weighted by Gasteiger charge is -2.31. The van der Waals surface area contributed by atoms with Crippen LogP contribution in [0.15, 0.2) is 10.5 Å². The van der Waals surface area contributed by atoms with Gasteiger partial charge in [-0.15, -0.1) is 0 Å². The van der Waals surface area contributed by atoms with Gasteiger partial charge in [-0.05, 0) is 32.3 Å². The van der Waals surface area contributed by atoms with Crippen LogP contribution in [0.2, 0.25) is 0 Å². The zero-order chi connectivity index (χ0) is 12.4. The van der Waals surface area contributed by atoms with E-state index in [4.69, 9.17) is 9.15 Å². The summed E-state index contributed by atoms with van der Waals surface area (Å²) in [5.41, 5.74) is 1.19. The molecule has 0 radical (unpaired) electrons. The normalized spacial score (nSPS) is 25.5. The first-order chi connectivity index (χ1) is 8.06. The second kappa shape index (κ2) is 5.23. The number of nitrogens with one attached hydrogen (secondary N) is 1. The summed E-state index contributed by atoms with van der Waals surface area (Å²) < 4.78 is 11.5. The highest BCUT2D eigenvalue weighted by Gasteiger charge is 2.25. The third-order valence-corrected chi connectivity index (χ3v) is 3.27. The Morgan fingerprint density at radius 3 is 2.65 bits per heavy atom. The number of furan rings is 1. The molecular weight excluding hydrogens is 214 g/mol. The monoisotopic (exact) mass is 237 g/mol. The fourth-order valence-corrected chi connectivity index (χ4v) is 2.51. The first-order valence-electron chi connectivity index (χ1n) is 6.48. The van der Waals surface area contributed by atoms with Crippen LogP contribution in [-0.4, -0.2) is 19.2 Å². The number of hydrogen-bond acceptors (Lipinski definition) is 3. The molecule has 2 heterocycles. The van der Waals surface area contributed by atoms with Gasteiger partial charge in [0.15, 0.2) is 0 Å². The molecule has 0 bridgehead atoms. The van der Waals surface area contributed by atoms with Crippen LogP contribution in [0.1, 0.15) is 43.5 Å². The van der Waals surface area contributed by atoms with E-state index in [0.29, 0.717) is 12.0 Å². The lowest BCUT2D eigenvalue weighted by Crippen LogP contribution is -2.43. The molecule has 2 rings (SSSR count). The molecule has 0 spiro atoms. The summed E-state index contributed by atoms with van der Waals surface area (Å²) >= 11 is 0. The smallest absolute Gasteiger partial charge is 0.106 e. The molecule has 1 aliphatic heterocycles. The molecule has 0 saturated carbocycles. The number of ether oxygens (including phenoxy) is 1. The van der Waals surface area contributed by atoms with E-state index in [2.05, 4.69) is 25.2 Å². The minimum atomic E-state index is 0.149. The van der Waals surface area contributed by atoms with Gasteiger partial charge in [-0.25, -0.2) is 0 Å². The molecule has 1 fully saturated rings. The van der Waals surface area contributed by atoms with Crippen molar-refractivity contribution >= 4 is 0 Å². The average molecular weight is 237 g/mol. The van der Waals surface area contributed by atoms with E-state index in [1.807, 2.05) is 13.8 Å². The summed E-state index contributed by atoms with van der Waals surface area (Å²) in [6, 6.07) is 2.59. The van der Waals surface area contributed by atoms with Crippen molar-refractivity contribution < 1.29 is 9.15 Å². The van der Waals surface area contributed by atoms with Gasteiger partial charge in [0.05, 0.1) is 12.7 Å². The zero-order valence-electron chi connectivity index (χ0n) is 11.2. The van der Waals surface area contributed by atoms with Gasteiger partial charge in [-0.3, -0.25) is 0 Å². The van der Waals surface area contributed by atoms with Crippen LogP contribution < -0.4 is 5.32 Å². The predicted octanol–water partition coefficient (Wildman–Crippen LogP) is 2.97. The fourth-order valence-electron chi connectivity index (χ4n) is 2.51. The largest absolute Gasteiger partial charge is 0.466 e. The standard InChI is InChI=1S/C14H23NO2/c1-9(2)5-12-8-16-14(7-15-12)13-6-10(3)17-11(13)4/h6,9,12,14-15H,5,7-8H2,1-4H3. The van der Waals surface area contributed by atoms with Crippen molar-refractivity contribution in [1.29, 1.82) is 0 Å². The van der Waals surface area contributed by atoms with E-state index in [-0.39, 0.29) is 6.10 Å². The Labute approximate surface area is 104 Å². The molecule has 1 N–H and O–H groups in total. The number of morpholine rings is 1. The van der Waals surface area contributed by atoms with Crippen molar-refractivity contribution in [3.63, 3.8) is 0 Å². The first-order valence-corrected chi connectivity index (χ1v) is 6.48. The van der Waals surface area contributed by atoms with Gasteiger partial charge in [0, 0.05) is 18.2 Å². The maximum absolute atomic E-state index is 5.95. The van der Waals surface area contributed by atoms with Crippen LogP contribution in [0.25, 0.3) is 0 Å². The molecule has 1 aromatic heterocycles. The van der Waals surface area contributed by atoms with Crippen molar-refractivity contribution in [2.24, 2.45) is 5.92 Å². The molecule has 1 aliphatic rings. The molecule has 17 heavy (non-hydrogen) atoms. The van der Waals surface area contributed by atoms with E-state index in [1.165, 1.54) is 12.0 Å². The summed E-state index contributed by atoms with van der Waals surface area (Å²) in [4.78, 5) is 0. The van der Waals surface area contributed by atoms with Crippen molar-refractivity contribution in [1.82, 2.24) is 5.32 Å². The van der Waals surface area contributed by atoms with Gasteiger partial charge in [0.25, 0.3) is 0 Å². The Bertz CT molecular complexity index is 362. The van der Waals surface area contributed by atoms with E-state index in [0.717, 1.165) is 24.7 Å². The van der Waals surface area contributed by atoms with Crippen LogP contribution in [0.5, 0.6) is 0 Å². The summed E-state index contributed by atoms with van der Waals surface area (Å²) in [7, 11) is 0. The molecule has 2 unspecified atom stereocenters. The Kier molecular flexibility index (Phi) is 3.89. The summed E-state index contributed by atoms with van der Waals surface area (Å²) in [6.07, 6.45) is 1.33. The Balaban J connectivity index is 1.93. The van der Waals surface area contributed by atoms with Gasteiger partial charge in [0.1, 0.15) is 11.5 Å². The molecule has 0 aliphatic carbocycles. The van der Waals surface area contributed by atoms with Crippen LogP contribution in [0.4, 0.5) is 0 Å². The van der Waals surface area contributed by atoms with E-state index >= 15 is 0 Å². The van der Waals surface area contributed by atoms with E-state index in [9.17, 15) is 0 Å². The van der Waals surface area contributed by atoms with Crippen LogP contribution in [0, 0.1) is 19.8 Å². The maximum atomic E-state index is 5.95. The molecule has 3 heteroatoms. The summed E-state index contributed by atoms with van der Waals surface area (Å²) in [5.74, 6) is 2.66. The first kappa shape index (κ1) is 12.7. The van der Waals surface area contributed by atoms with Gasteiger partial charge in [0.2, 0.25) is 0 Å². The molecule has 0 amide bonds. The van der Waals surface area contributed by atoms with E-state index in [1.54, 1.807) is 0 Å². The molecule has 96 valence electrons. The Hall–Kier alpha value is -0.800. The van der Waals surface area contributed by atoms with Gasteiger partial charge < -0.3 is 14.5 Å². The molecular formula is C14H23NO2. The molecule has 1 saturated heterocycles. The Morgan fingerprint density at radius 1 is 1.41 bits per heavy atom. The van der Waals surface area contributed by atoms with Gasteiger partial charge >= 0.3 is 0 Å². The molecule has 2 atom stereocenters. The number of rotatable bonds is 3. The number of hydrogen-bond donors (Lipinski definition) is 1. The highest BCUT2D eigenvalue weighted by atomic mass is 16.5. The second-order valence-electron chi connectivity index (χ2n) is 5.43. The van der Waals surface area contributed by atoms with Crippen molar-refractivity contribution in [3.05, 3.63) is 23.2 Å². The lowest BCUT2D eigenvalue weighted by molar-refractivity contribution is -0.00201. The second-order valence-corrected chi connectivity index (χ2v) is 5.43. The third-order valence-electron chi connectivity index (χ3n) is 3.27. The zero-order valence-corrected chi connectivity index (χ0v) is 11.2. The fraction of sp³-hybridized carbons (Fsp3) is 0.714. The van der Waals surface area contributed by atoms with Gasteiger partial charge in [-0.2, -0.15) is 0 Å². The van der Waals surface area contributed by atoms with Gasteiger partial charge in [-0.1, -0.05) is 13.8 Å². The molecule has 1 aromatic rings. The molecule has 3 nitrogen and oxygen atoms in total. The van der Waals surface area contributed by atoms with E-state index < -0.39 is 0 Å². The van der Waals surface area contributed by atoms with Crippen molar-refractivity contribution in [3.8, 4) is 0 Å². The minimum absolute atomic E-state index is 0.149. The SMILES string of the molecule is Cc1cc(C2CNC(CC(C)C)CO2)c(C)o1. The highest BCUT2D eigenvalue weighted by Crippen LogP contribution is 2.26. The summed E-state index contributed by atoms with van der Waals surface area (Å²) in [5, 5.41) is 3.57. The predicted molar refractivity (Wildman–Crippen MR) is 68.1 cm³/mol. The average Bonchev–Trinajstić information content (AvgIpc) is 2.58. The number of aryl methyl sites for hydroxylation is 2. The maximum Gasteiger partial charge on any atom is 0.106 e. The lowest BCUT2D eigenvalue weighted by atomic mass is 10.0.